The second kappa shape index (κ2) is 8.35. The average molecular weight is 453 g/mol. The van der Waals surface area contributed by atoms with Crippen molar-refractivity contribution in [1.29, 1.82) is 0 Å². The topological polar surface area (TPSA) is 61.1 Å². The largest absolute Gasteiger partial charge is 0.432 e. The van der Waals surface area contributed by atoms with Crippen molar-refractivity contribution in [2.24, 2.45) is 7.05 Å². The molecule has 0 aliphatic rings. The summed E-state index contributed by atoms with van der Waals surface area (Å²) in [6.07, 6.45) is -4.49. The number of benzene rings is 1. The lowest BCUT2D eigenvalue weighted by atomic mass is 10.2. The number of ketones is 1. The van der Waals surface area contributed by atoms with Gasteiger partial charge in [-0.15, -0.1) is 11.8 Å². The van der Waals surface area contributed by atoms with Crippen molar-refractivity contribution >= 4 is 29.1 Å². The first-order valence-electron chi connectivity index (χ1n) is 8.37. The Labute approximate surface area is 172 Å². The SMILES string of the molecule is CCC(Sc1cc(-n2c(=O)c(C)c(C(F)(F)F)n(C)c2=O)c(F)cc1Cl)C(C)=O. The first kappa shape index (κ1) is 23.2. The Hall–Kier alpha value is -2.07. The van der Waals surface area contributed by atoms with Crippen LogP contribution in [0.1, 0.15) is 31.5 Å². The van der Waals surface area contributed by atoms with Gasteiger partial charge in [-0.05, 0) is 32.4 Å². The fourth-order valence-corrected chi connectivity index (χ4v) is 4.13. The van der Waals surface area contributed by atoms with Gasteiger partial charge in [0, 0.05) is 17.5 Å². The van der Waals surface area contributed by atoms with Crippen LogP contribution in [-0.2, 0) is 18.0 Å². The van der Waals surface area contributed by atoms with E-state index in [1.807, 2.05) is 0 Å². The number of carbonyl (C=O) groups excluding carboxylic acids is 1. The minimum Gasteiger partial charge on any atom is -0.299 e. The van der Waals surface area contributed by atoms with E-state index in [1.54, 1.807) is 6.92 Å². The predicted octanol–water partition coefficient (Wildman–Crippen LogP) is 4.12. The smallest absolute Gasteiger partial charge is 0.299 e. The Morgan fingerprint density at radius 2 is 1.86 bits per heavy atom. The Morgan fingerprint density at radius 3 is 2.34 bits per heavy atom. The summed E-state index contributed by atoms with van der Waals surface area (Å²) in [5.41, 5.74) is -5.36. The molecule has 0 amide bonds. The van der Waals surface area contributed by atoms with Crippen LogP contribution in [-0.4, -0.2) is 20.2 Å². The molecule has 1 aromatic heterocycles. The molecule has 0 spiro atoms. The van der Waals surface area contributed by atoms with E-state index in [0.717, 1.165) is 37.9 Å². The zero-order valence-corrected chi connectivity index (χ0v) is 17.4. The van der Waals surface area contributed by atoms with Crippen LogP contribution < -0.4 is 11.2 Å². The van der Waals surface area contributed by atoms with Crippen LogP contribution >= 0.6 is 23.4 Å². The Bertz CT molecular complexity index is 1060. The van der Waals surface area contributed by atoms with Crippen LogP contribution in [0.2, 0.25) is 5.02 Å². The standard InChI is InChI=1S/C18H17ClF4N2O3S/c1-5-13(9(3)26)29-14-7-12(11(20)6-10(14)19)25-16(27)8(2)15(18(21,22)23)24(4)17(25)28/h6-7,13H,5H2,1-4H3. The molecule has 0 bridgehead atoms. The molecule has 0 radical (unpaired) electrons. The summed E-state index contributed by atoms with van der Waals surface area (Å²) in [4.78, 5) is 37.0. The maximum atomic E-state index is 14.6. The summed E-state index contributed by atoms with van der Waals surface area (Å²) in [5.74, 6) is -1.22. The third-order valence-corrected chi connectivity index (χ3v) is 6.26. The molecule has 0 saturated carbocycles. The number of thioether (sulfide) groups is 1. The van der Waals surface area contributed by atoms with E-state index in [2.05, 4.69) is 0 Å². The maximum absolute atomic E-state index is 14.6. The normalized spacial score (nSPS) is 12.9. The molecule has 29 heavy (non-hydrogen) atoms. The van der Waals surface area contributed by atoms with Crippen LogP contribution in [0.4, 0.5) is 17.6 Å². The molecule has 2 rings (SSSR count). The number of aromatic nitrogens is 2. The van der Waals surface area contributed by atoms with Crippen molar-refractivity contribution in [3.05, 3.63) is 55.1 Å². The second-order valence-corrected chi connectivity index (χ2v) is 7.96. The highest BCUT2D eigenvalue weighted by atomic mass is 35.5. The second-order valence-electron chi connectivity index (χ2n) is 6.31. The van der Waals surface area contributed by atoms with Gasteiger partial charge < -0.3 is 0 Å². The van der Waals surface area contributed by atoms with Crippen LogP contribution in [0.15, 0.2) is 26.6 Å². The van der Waals surface area contributed by atoms with E-state index >= 15 is 0 Å². The predicted molar refractivity (Wildman–Crippen MR) is 103 cm³/mol. The summed E-state index contributed by atoms with van der Waals surface area (Å²) in [5, 5.41) is -0.552. The van der Waals surface area contributed by atoms with Crippen molar-refractivity contribution in [3.63, 3.8) is 0 Å². The zero-order chi connectivity index (χ0) is 22.3. The summed E-state index contributed by atoms with van der Waals surface area (Å²) in [7, 11) is 0.848. The maximum Gasteiger partial charge on any atom is 0.432 e. The summed E-state index contributed by atoms with van der Waals surface area (Å²) in [6.45, 7) is 4.04. The lowest BCUT2D eigenvalue weighted by molar-refractivity contribution is -0.144. The Balaban J connectivity index is 2.79. The quantitative estimate of drug-likeness (QED) is 0.506. The Morgan fingerprint density at radius 1 is 1.28 bits per heavy atom. The van der Waals surface area contributed by atoms with Gasteiger partial charge in [-0.25, -0.2) is 13.8 Å². The molecule has 0 fully saturated rings. The van der Waals surface area contributed by atoms with E-state index in [-0.39, 0.29) is 20.3 Å². The molecule has 1 atom stereocenters. The molecule has 2 aromatic rings. The van der Waals surface area contributed by atoms with Crippen LogP contribution in [0.25, 0.3) is 5.69 Å². The van der Waals surface area contributed by atoms with Gasteiger partial charge in [-0.1, -0.05) is 18.5 Å². The van der Waals surface area contributed by atoms with E-state index < -0.39 is 45.4 Å². The fourth-order valence-electron chi connectivity index (χ4n) is 2.86. The lowest BCUT2D eigenvalue weighted by Crippen LogP contribution is -2.43. The molecule has 0 aliphatic carbocycles. The number of rotatable bonds is 5. The lowest BCUT2D eigenvalue weighted by Gasteiger charge is -2.18. The number of nitrogens with zero attached hydrogens (tertiary/aromatic N) is 2. The van der Waals surface area contributed by atoms with Crippen molar-refractivity contribution in [3.8, 4) is 5.69 Å². The van der Waals surface area contributed by atoms with Gasteiger partial charge in [-0.3, -0.25) is 14.2 Å². The molecule has 1 unspecified atom stereocenters. The summed E-state index contributed by atoms with van der Waals surface area (Å²) < 4.78 is 54.8. The number of carbonyl (C=O) groups is 1. The van der Waals surface area contributed by atoms with Gasteiger partial charge in [0.1, 0.15) is 17.3 Å². The van der Waals surface area contributed by atoms with E-state index in [9.17, 15) is 31.9 Å². The van der Waals surface area contributed by atoms with Crippen molar-refractivity contribution in [2.45, 2.75) is 43.5 Å². The van der Waals surface area contributed by atoms with Gasteiger partial charge >= 0.3 is 11.9 Å². The van der Waals surface area contributed by atoms with Crippen molar-refractivity contribution < 1.29 is 22.4 Å². The third-order valence-electron chi connectivity index (χ3n) is 4.30. The third kappa shape index (κ3) is 4.42. The minimum absolute atomic E-state index is 0.0514. The number of Topliss-reactive ketones (excluding diaryl/α,β-unsaturated/α-hetero) is 1. The molecule has 0 saturated heterocycles. The van der Waals surface area contributed by atoms with Gasteiger partial charge in [0.05, 0.1) is 16.0 Å². The molecule has 158 valence electrons. The first-order valence-corrected chi connectivity index (χ1v) is 9.63. The van der Waals surface area contributed by atoms with Crippen LogP contribution in [0.5, 0.6) is 0 Å². The van der Waals surface area contributed by atoms with E-state index in [0.29, 0.717) is 11.0 Å². The van der Waals surface area contributed by atoms with E-state index in [1.165, 1.54) is 6.92 Å². The van der Waals surface area contributed by atoms with Gasteiger partial charge in [-0.2, -0.15) is 13.2 Å². The summed E-state index contributed by atoms with van der Waals surface area (Å²) >= 11 is 7.05. The van der Waals surface area contributed by atoms with E-state index in [4.69, 9.17) is 11.6 Å². The van der Waals surface area contributed by atoms with Gasteiger partial charge in [0.2, 0.25) is 0 Å². The number of hydrogen-bond donors (Lipinski definition) is 0. The number of hydrogen-bond acceptors (Lipinski definition) is 4. The van der Waals surface area contributed by atoms with Crippen LogP contribution in [0, 0.1) is 12.7 Å². The molecule has 5 nitrogen and oxygen atoms in total. The highest BCUT2D eigenvalue weighted by molar-refractivity contribution is 8.00. The molecule has 0 N–H and O–H groups in total. The van der Waals surface area contributed by atoms with Crippen molar-refractivity contribution in [2.75, 3.05) is 0 Å². The molecular formula is C18H17ClF4N2O3S. The highest BCUT2D eigenvalue weighted by Gasteiger charge is 2.38. The average Bonchev–Trinajstić information content (AvgIpc) is 2.59. The molecule has 1 aromatic carbocycles. The molecule has 0 aliphatic heterocycles. The number of halogens is 5. The Kier molecular flexibility index (Phi) is 6.68. The number of alkyl halides is 3. The minimum atomic E-state index is -4.94. The highest BCUT2D eigenvalue weighted by Crippen LogP contribution is 2.35. The molecule has 1 heterocycles. The van der Waals surface area contributed by atoms with Crippen LogP contribution in [0.3, 0.4) is 0 Å². The molecular weight excluding hydrogens is 436 g/mol. The molecule has 11 heteroatoms. The first-order chi connectivity index (χ1) is 13.3. The van der Waals surface area contributed by atoms with Gasteiger partial charge in [0.15, 0.2) is 0 Å². The monoisotopic (exact) mass is 452 g/mol. The fraction of sp³-hybridized carbons (Fsp3) is 0.389. The van der Waals surface area contributed by atoms with Gasteiger partial charge in [0.25, 0.3) is 5.56 Å². The summed E-state index contributed by atoms with van der Waals surface area (Å²) in [6, 6.07) is 1.94. The van der Waals surface area contributed by atoms with Crippen molar-refractivity contribution in [1.82, 2.24) is 9.13 Å². The zero-order valence-electron chi connectivity index (χ0n) is 15.9.